The van der Waals surface area contributed by atoms with E-state index in [4.69, 9.17) is 0 Å². The van der Waals surface area contributed by atoms with Crippen LogP contribution in [0.15, 0.2) is 12.4 Å². The van der Waals surface area contributed by atoms with Crippen molar-refractivity contribution >= 4 is 0 Å². The van der Waals surface area contributed by atoms with Gasteiger partial charge in [-0.15, -0.1) is 0 Å². The molecule has 0 aromatic carbocycles. The standard InChI is InChI=1S/C14H23N3/c1-2-4-12(5-3-1)10-17-11-13(9-16-17)8-15-14-6-7-14/h9,11-12,14-15H,1-8,10H2. The SMILES string of the molecule is c1nn(CC2CCCCC2)cc1CNC1CC1. The summed E-state index contributed by atoms with van der Waals surface area (Å²) in [5.74, 6) is 0.868. The summed E-state index contributed by atoms with van der Waals surface area (Å²) in [5, 5.41) is 8.02. The van der Waals surface area contributed by atoms with Crippen molar-refractivity contribution in [3.05, 3.63) is 18.0 Å². The molecule has 2 fully saturated rings. The van der Waals surface area contributed by atoms with Gasteiger partial charge >= 0.3 is 0 Å². The van der Waals surface area contributed by atoms with E-state index in [1.165, 1.54) is 50.5 Å². The van der Waals surface area contributed by atoms with E-state index < -0.39 is 0 Å². The molecule has 2 aliphatic rings. The van der Waals surface area contributed by atoms with Crippen LogP contribution in [0.1, 0.15) is 50.5 Å². The van der Waals surface area contributed by atoms with Crippen molar-refractivity contribution in [3.63, 3.8) is 0 Å². The van der Waals surface area contributed by atoms with Crippen molar-refractivity contribution < 1.29 is 0 Å². The molecule has 0 amide bonds. The molecule has 0 atom stereocenters. The van der Waals surface area contributed by atoms with Crippen molar-refractivity contribution in [2.24, 2.45) is 5.92 Å². The molecule has 1 aromatic rings. The third kappa shape index (κ3) is 3.32. The molecule has 1 aromatic heterocycles. The van der Waals surface area contributed by atoms with Gasteiger partial charge in [0.25, 0.3) is 0 Å². The fraction of sp³-hybridized carbons (Fsp3) is 0.786. The maximum absolute atomic E-state index is 4.49. The first-order valence-corrected chi connectivity index (χ1v) is 7.15. The lowest BCUT2D eigenvalue weighted by atomic mass is 9.89. The predicted octanol–water partition coefficient (Wildman–Crippen LogP) is 2.72. The minimum absolute atomic E-state index is 0.789. The highest BCUT2D eigenvalue weighted by molar-refractivity contribution is 5.04. The molecule has 0 radical (unpaired) electrons. The lowest BCUT2D eigenvalue weighted by molar-refractivity contribution is 0.308. The molecule has 3 heteroatoms. The summed E-state index contributed by atoms with van der Waals surface area (Å²) in [7, 11) is 0. The largest absolute Gasteiger partial charge is 0.310 e. The van der Waals surface area contributed by atoms with Gasteiger partial charge in [0.15, 0.2) is 0 Å². The maximum atomic E-state index is 4.49. The average Bonchev–Trinajstić information content (AvgIpc) is 3.09. The summed E-state index contributed by atoms with van der Waals surface area (Å²) in [6.45, 7) is 2.12. The van der Waals surface area contributed by atoms with E-state index in [0.29, 0.717) is 0 Å². The molecule has 3 nitrogen and oxygen atoms in total. The van der Waals surface area contributed by atoms with E-state index in [0.717, 1.165) is 25.0 Å². The number of aromatic nitrogens is 2. The van der Waals surface area contributed by atoms with Gasteiger partial charge in [-0.25, -0.2) is 0 Å². The first kappa shape index (κ1) is 11.3. The topological polar surface area (TPSA) is 29.9 Å². The molecule has 0 saturated heterocycles. The molecule has 1 heterocycles. The average molecular weight is 233 g/mol. The molecule has 94 valence electrons. The third-order valence-electron chi connectivity index (χ3n) is 4.03. The van der Waals surface area contributed by atoms with E-state index in [9.17, 15) is 0 Å². The molecule has 3 rings (SSSR count). The first-order chi connectivity index (χ1) is 8.40. The lowest BCUT2D eigenvalue weighted by Crippen LogP contribution is -2.15. The summed E-state index contributed by atoms with van der Waals surface area (Å²) in [6.07, 6.45) is 14.0. The molecule has 1 N–H and O–H groups in total. The Bertz CT molecular complexity index is 348. The maximum Gasteiger partial charge on any atom is 0.0534 e. The highest BCUT2D eigenvalue weighted by Crippen LogP contribution is 2.25. The Morgan fingerprint density at radius 1 is 1.18 bits per heavy atom. The summed E-state index contributed by atoms with van der Waals surface area (Å²) in [5.41, 5.74) is 1.34. The summed E-state index contributed by atoms with van der Waals surface area (Å²) in [6, 6.07) is 0.789. The molecule has 17 heavy (non-hydrogen) atoms. The van der Waals surface area contributed by atoms with Crippen LogP contribution in [-0.2, 0) is 13.1 Å². The summed E-state index contributed by atoms with van der Waals surface area (Å²) < 4.78 is 2.15. The zero-order valence-corrected chi connectivity index (χ0v) is 10.6. The quantitative estimate of drug-likeness (QED) is 0.847. The minimum atomic E-state index is 0.789. The Balaban J connectivity index is 1.48. The van der Waals surface area contributed by atoms with Gasteiger partial charge in [0.2, 0.25) is 0 Å². The molecule has 0 spiro atoms. The number of nitrogens with one attached hydrogen (secondary N) is 1. The van der Waals surface area contributed by atoms with Gasteiger partial charge in [-0.2, -0.15) is 5.10 Å². The van der Waals surface area contributed by atoms with Crippen LogP contribution in [0.5, 0.6) is 0 Å². The monoisotopic (exact) mass is 233 g/mol. The molecule has 2 aliphatic carbocycles. The van der Waals surface area contributed by atoms with Crippen LogP contribution in [0.2, 0.25) is 0 Å². The smallest absolute Gasteiger partial charge is 0.0534 e. The lowest BCUT2D eigenvalue weighted by Gasteiger charge is -2.21. The summed E-state index contributed by atoms with van der Waals surface area (Å²) in [4.78, 5) is 0. The second-order valence-electron chi connectivity index (χ2n) is 5.73. The fourth-order valence-electron chi connectivity index (χ4n) is 2.78. The highest BCUT2D eigenvalue weighted by atomic mass is 15.3. The second-order valence-corrected chi connectivity index (χ2v) is 5.73. The van der Waals surface area contributed by atoms with E-state index in [1.54, 1.807) is 0 Å². The van der Waals surface area contributed by atoms with Crippen molar-refractivity contribution in [1.29, 1.82) is 0 Å². The Morgan fingerprint density at radius 2 is 2.00 bits per heavy atom. The van der Waals surface area contributed by atoms with Crippen LogP contribution >= 0.6 is 0 Å². The Labute approximate surface area is 104 Å². The van der Waals surface area contributed by atoms with Gasteiger partial charge in [-0.1, -0.05) is 19.3 Å². The van der Waals surface area contributed by atoms with Gasteiger partial charge in [0, 0.05) is 30.9 Å². The van der Waals surface area contributed by atoms with Crippen LogP contribution in [0.4, 0.5) is 0 Å². The van der Waals surface area contributed by atoms with E-state index in [1.807, 2.05) is 6.20 Å². The van der Waals surface area contributed by atoms with E-state index in [2.05, 4.69) is 21.3 Å². The molecule has 0 bridgehead atoms. The highest BCUT2D eigenvalue weighted by Gasteiger charge is 2.20. The molecular formula is C14H23N3. The Hall–Kier alpha value is -0.830. The van der Waals surface area contributed by atoms with Crippen LogP contribution in [-0.4, -0.2) is 15.8 Å². The number of nitrogens with zero attached hydrogens (tertiary/aromatic N) is 2. The normalized spacial score (nSPS) is 21.9. The molecular weight excluding hydrogens is 210 g/mol. The number of rotatable bonds is 5. The third-order valence-corrected chi connectivity index (χ3v) is 4.03. The zero-order valence-electron chi connectivity index (χ0n) is 10.6. The second kappa shape index (κ2) is 5.21. The Kier molecular flexibility index (Phi) is 3.46. The first-order valence-electron chi connectivity index (χ1n) is 7.15. The van der Waals surface area contributed by atoms with Gasteiger partial charge in [-0.05, 0) is 31.6 Å². The van der Waals surface area contributed by atoms with Gasteiger partial charge < -0.3 is 5.32 Å². The summed E-state index contributed by atoms with van der Waals surface area (Å²) >= 11 is 0. The van der Waals surface area contributed by atoms with E-state index in [-0.39, 0.29) is 0 Å². The molecule has 0 unspecified atom stereocenters. The van der Waals surface area contributed by atoms with Crippen LogP contribution in [0.25, 0.3) is 0 Å². The van der Waals surface area contributed by atoms with Gasteiger partial charge in [0.05, 0.1) is 6.20 Å². The van der Waals surface area contributed by atoms with Crippen molar-refractivity contribution in [2.45, 2.75) is 64.1 Å². The van der Waals surface area contributed by atoms with Gasteiger partial charge in [0.1, 0.15) is 0 Å². The van der Waals surface area contributed by atoms with E-state index >= 15 is 0 Å². The Morgan fingerprint density at radius 3 is 2.76 bits per heavy atom. The van der Waals surface area contributed by atoms with Crippen molar-refractivity contribution in [3.8, 4) is 0 Å². The molecule has 0 aliphatic heterocycles. The fourth-order valence-corrected chi connectivity index (χ4v) is 2.78. The molecule has 2 saturated carbocycles. The van der Waals surface area contributed by atoms with Crippen molar-refractivity contribution in [1.82, 2.24) is 15.1 Å². The van der Waals surface area contributed by atoms with Crippen LogP contribution < -0.4 is 5.32 Å². The number of hydrogen-bond acceptors (Lipinski definition) is 2. The van der Waals surface area contributed by atoms with Gasteiger partial charge in [-0.3, -0.25) is 4.68 Å². The van der Waals surface area contributed by atoms with Crippen molar-refractivity contribution in [2.75, 3.05) is 0 Å². The van der Waals surface area contributed by atoms with Crippen LogP contribution in [0.3, 0.4) is 0 Å². The zero-order chi connectivity index (χ0) is 11.5. The predicted molar refractivity (Wildman–Crippen MR) is 68.7 cm³/mol. The minimum Gasteiger partial charge on any atom is -0.310 e. The van der Waals surface area contributed by atoms with Crippen LogP contribution in [0, 0.1) is 5.92 Å². The number of hydrogen-bond donors (Lipinski definition) is 1.